The molecule has 0 saturated carbocycles. The number of fused-ring (bicyclic) bond motifs is 1. The van der Waals surface area contributed by atoms with Gasteiger partial charge in [-0.2, -0.15) is 0 Å². The first-order chi connectivity index (χ1) is 8.79. The molecule has 1 aliphatic rings. The third kappa shape index (κ3) is 2.01. The summed E-state index contributed by atoms with van der Waals surface area (Å²) in [4.78, 5) is 4.69. The molecular formula is C13H16BrN3O. The largest absolute Gasteiger partial charge is 0.497 e. The van der Waals surface area contributed by atoms with Gasteiger partial charge in [-0.15, -0.1) is 0 Å². The molecule has 0 unspecified atom stereocenters. The first-order valence-corrected chi connectivity index (χ1v) is 7.01. The average molecular weight is 310 g/mol. The highest BCUT2D eigenvalue weighted by molar-refractivity contribution is 9.10. The van der Waals surface area contributed by atoms with Gasteiger partial charge in [0.2, 0.25) is 0 Å². The van der Waals surface area contributed by atoms with Gasteiger partial charge in [-0.25, -0.2) is 4.98 Å². The number of methoxy groups -OCH3 is 1. The van der Waals surface area contributed by atoms with Crippen molar-refractivity contribution in [2.75, 3.05) is 20.2 Å². The van der Waals surface area contributed by atoms with Crippen LogP contribution in [0.3, 0.4) is 0 Å². The molecule has 1 N–H and O–H groups in total. The van der Waals surface area contributed by atoms with Gasteiger partial charge in [0.15, 0.2) is 0 Å². The summed E-state index contributed by atoms with van der Waals surface area (Å²) in [7, 11) is 1.68. The topological polar surface area (TPSA) is 38.6 Å². The third-order valence-electron chi connectivity index (χ3n) is 3.54. The van der Waals surface area contributed by atoms with E-state index < -0.39 is 0 Å². The summed E-state index contributed by atoms with van der Waals surface area (Å²) < 4.78 is 8.33. The van der Waals surface area contributed by atoms with Gasteiger partial charge < -0.3 is 14.5 Å². The van der Waals surface area contributed by atoms with Crippen molar-refractivity contribution in [2.24, 2.45) is 0 Å². The monoisotopic (exact) mass is 309 g/mol. The van der Waals surface area contributed by atoms with Gasteiger partial charge >= 0.3 is 0 Å². The maximum atomic E-state index is 5.26. The Labute approximate surface area is 114 Å². The normalized spacial score (nSPS) is 17.2. The predicted octanol–water partition coefficient (Wildman–Crippen LogP) is 2.57. The van der Waals surface area contributed by atoms with Gasteiger partial charge in [-0.05, 0) is 47.9 Å². The minimum absolute atomic E-state index is 0.540. The third-order valence-corrected chi connectivity index (χ3v) is 4.12. The van der Waals surface area contributed by atoms with Crippen molar-refractivity contribution in [2.45, 2.75) is 18.8 Å². The van der Waals surface area contributed by atoms with Crippen molar-refractivity contribution in [3.63, 3.8) is 0 Å². The number of hydrogen-bond acceptors (Lipinski definition) is 3. The van der Waals surface area contributed by atoms with Gasteiger partial charge in [0.05, 0.1) is 12.6 Å². The lowest BCUT2D eigenvalue weighted by molar-refractivity contribution is 0.414. The van der Waals surface area contributed by atoms with Crippen LogP contribution in [0.4, 0.5) is 0 Å². The number of nitrogens with zero attached hydrogens (tertiary/aromatic N) is 2. The average Bonchev–Trinajstić information content (AvgIpc) is 2.77. The molecule has 0 amide bonds. The van der Waals surface area contributed by atoms with Gasteiger partial charge in [0, 0.05) is 18.2 Å². The van der Waals surface area contributed by atoms with E-state index in [1.807, 2.05) is 18.3 Å². The Hall–Kier alpha value is -1.07. The highest BCUT2D eigenvalue weighted by atomic mass is 79.9. The van der Waals surface area contributed by atoms with E-state index in [4.69, 9.17) is 4.74 Å². The molecule has 1 saturated heterocycles. The van der Waals surface area contributed by atoms with E-state index >= 15 is 0 Å². The number of piperidine rings is 1. The fourth-order valence-corrected chi connectivity index (χ4v) is 3.03. The van der Waals surface area contributed by atoms with Crippen LogP contribution in [0.15, 0.2) is 22.9 Å². The summed E-state index contributed by atoms with van der Waals surface area (Å²) in [5.41, 5.74) is 1.07. The standard InChI is InChI=1S/C13H16BrN3O/c1-18-10-4-7-17-11(8-10)12(14)16-13(17)9-2-5-15-6-3-9/h4,7-9,15H,2-3,5-6H2,1H3. The molecular weight excluding hydrogens is 294 g/mol. The van der Waals surface area contributed by atoms with E-state index in [0.717, 1.165) is 47.6 Å². The molecule has 96 valence electrons. The fraction of sp³-hybridized carbons (Fsp3) is 0.462. The predicted molar refractivity (Wildman–Crippen MR) is 74.3 cm³/mol. The molecule has 4 nitrogen and oxygen atoms in total. The van der Waals surface area contributed by atoms with Crippen LogP contribution in [0.25, 0.3) is 5.52 Å². The second kappa shape index (κ2) is 4.90. The molecule has 2 aromatic heterocycles. The van der Waals surface area contributed by atoms with E-state index in [-0.39, 0.29) is 0 Å². The van der Waals surface area contributed by atoms with Crippen LogP contribution in [-0.2, 0) is 0 Å². The second-order valence-corrected chi connectivity index (χ2v) is 5.36. The van der Waals surface area contributed by atoms with E-state index in [2.05, 4.69) is 30.6 Å². The Morgan fingerprint density at radius 1 is 1.44 bits per heavy atom. The second-order valence-electron chi connectivity index (χ2n) is 4.61. The first-order valence-electron chi connectivity index (χ1n) is 6.22. The van der Waals surface area contributed by atoms with Crippen molar-refractivity contribution in [1.29, 1.82) is 0 Å². The maximum absolute atomic E-state index is 5.26. The van der Waals surface area contributed by atoms with E-state index in [0.29, 0.717) is 5.92 Å². The van der Waals surface area contributed by atoms with Crippen LogP contribution < -0.4 is 10.1 Å². The summed E-state index contributed by atoms with van der Waals surface area (Å²) in [5, 5.41) is 3.39. The molecule has 1 fully saturated rings. The molecule has 3 rings (SSSR count). The Bertz CT molecular complexity index is 561. The van der Waals surface area contributed by atoms with Gasteiger partial charge in [0.1, 0.15) is 16.2 Å². The minimum Gasteiger partial charge on any atom is -0.497 e. The lowest BCUT2D eigenvalue weighted by atomic mass is 9.97. The lowest BCUT2D eigenvalue weighted by Gasteiger charge is -2.21. The zero-order valence-electron chi connectivity index (χ0n) is 10.3. The fourth-order valence-electron chi connectivity index (χ4n) is 2.55. The van der Waals surface area contributed by atoms with Crippen LogP contribution >= 0.6 is 15.9 Å². The summed E-state index contributed by atoms with van der Waals surface area (Å²) in [6.45, 7) is 2.15. The van der Waals surface area contributed by atoms with Crippen molar-refractivity contribution < 1.29 is 4.74 Å². The number of halogens is 1. The molecule has 1 aliphatic heterocycles. The quantitative estimate of drug-likeness (QED) is 0.926. The summed E-state index contributed by atoms with van der Waals surface area (Å²) in [6.07, 6.45) is 4.35. The Balaban J connectivity index is 2.07. The lowest BCUT2D eigenvalue weighted by Crippen LogP contribution is -2.27. The number of pyridine rings is 1. The summed E-state index contributed by atoms with van der Waals surface area (Å²) in [6, 6.07) is 3.99. The number of ether oxygens (including phenoxy) is 1. The molecule has 2 aromatic rings. The first kappa shape index (κ1) is 12.0. The number of nitrogens with one attached hydrogen (secondary N) is 1. The molecule has 0 spiro atoms. The number of imidazole rings is 1. The van der Waals surface area contributed by atoms with Crippen LogP contribution in [-0.4, -0.2) is 29.6 Å². The Morgan fingerprint density at radius 3 is 2.94 bits per heavy atom. The van der Waals surface area contributed by atoms with Crippen molar-refractivity contribution in [3.8, 4) is 5.75 Å². The van der Waals surface area contributed by atoms with E-state index in [1.165, 1.54) is 0 Å². The van der Waals surface area contributed by atoms with Crippen LogP contribution in [0.1, 0.15) is 24.6 Å². The SMILES string of the molecule is COc1ccn2c(C3CCNCC3)nc(Br)c2c1. The highest BCUT2D eigenvalue weighted by Gasteiger charge is 2.21. The highest BCUT2D eigenvalue weighted by Crippen LogP contribution is 2.30. The molecule has 0 atom stereocenters. The number of aromatic nitrogens is 2. The molecule has 0 aliphatic carbocycles. The minimum atomic E-state index is 0.540. The summed E-state index contributed by atoms with van der Waals surface area (Å²) >= 11 is 3.54. The molecule has 0 radical (unpaired) electrons. The van der Waals surface area contributed by atoms with Gasteiger partial charge in [-0.1, -0.05) is 0 Å². The smallest absolute Gasteiger partial charge is 0.132 e. The number of hydrogen-bond donors (Lipinski definition) is 1. The maximum Gasteiger partial charge on any atom is 0.132 e. The van der Waals surface area contributed by atoms with E-state index in [9.17, 15) is 0 Å². The van der Waals surface area contributed by atoms with Crippen LogP contribution in [0.2, 0.25) is 0 Å². The van der Waals surface area contributed by atoms with Crippen molar-refractivity contribution in [3.05, 3.63) is 28.8 Å². The molecule has 3 heterocycles. The van der Waals surface area contributed by atoms with Crippen molar-refractivity contribution in [1.82, 2.24) is 14.7 Å². The Morgan fingerprint density at radius 2 is 2.22 bits per heavy atom. The van der Waals surface area contributed by atoms with Crippen LogP contribution in [0.5, 0.6) is 5.75 Å². The molecule has 5 heteroatoms. The van der Waals surface area contributed by atoms with Crippen LogP contribution in [0, 0.1) is 0 Å². The summed E-state index contributed by atoms with van der Waals surface area (Å²) in [5.74, 6) is 2.56. The number of rotatable bonds is 2. The van der Waals surface area contributed by atoms with Gasteiger partial charge in [-0.3, -0.25) is 0 Å². The molecule has 18 heavy (non-hydrogen) atoms. The Kier molecular flexibility index (Phi) is 3.26. The van der Waals surface area contributed by atoms with Gasteiger partial charge in [0.25, 0.3) is 0 Å². The zero-order valence-corrected chi connectivity index (χ0v) is 11.9. The van der Waals surface area contributed by atoms with Crippen molar-refractivity contribution >= 4 is 21.4 Å². The molecule has 0 bridgehead atoms. The zero-order chi connectivity index (χ0) is 12.5. The molecule has 0 aromatic carbocycles. The van der Waals surface area contributed by atoms with E-state index in [1.54, 1.807) is 7.11 Å².